The molecule has 0 bridgehead atoms. The molecule has 5 rings (SSSR count). The van der Waals surface area contributed by atoms with Gasteiger partial charge in [0.1, 0.15) is 11.5 Å². The van der Waals surface area contributed by atoms with Crippen LogP contribution in [0.25, 0.3) is 0 Å². The third-order valence-corrected chi connectivity index (χ3v) is 6.41. The van der Waals surface area contributed by atoms with Crippen LogP contribution in [0.4, 0.5) is 49.1 Å². The van der Waals surface area contributed by atoms with Gasteiger partial charge >= 0.3 is 12.4 Å². The molecule has 1 aliphatic rings. The van der Waals surface area contributed by atoms with Crippen molar-refractivity contribution in [3.63, 3.8) is 0 Å². The first-order valence-electron chi connectivity index (χ1n) is 11.8. The van der Waals surface area contributed by atoms with Crippen LogP contribution in [0.3, 0.4) is 0 Å². The van der Waals surface area contributed by atoms with Crippen molar-refractivity contribution in [2.24, 2.45) is 20.5 Å². The second-order valence-electron chi connectivity index (χ2n) is 8.96. The van der Waals surface area contributed by atoms with Gasteiger partial charge in [-0.2, -0.15) is 46.8 Å². The summed E-state index contributed by atoms with van der Waals surface area (Å²) in [5.74, 6) is -0.0735. The van der Waals surface area contributed by atoms with Crippen molar-refractivity contribution in [3.8, 4) is 11.5 Å². The van der Waals surface area contributed by atoms with E-state index < -0.39 is 23.5 Å². The lowest BCUT2D eigenvalue weighted by Gasteiger charge is -2.23. The van der Waals surface area contributed by atoms with Crippen molar-refractivity contribution in [2.45, 2.75) is 25.2 Å². The molecule has 0 fully saturated rings. The minimum atomic E-state index is -4.48. The minimum absolute atomic E-state index is 0.0367. The quantitative estimate of drug-likeness (QED) is 0.171. The van der Waals surface area contributed by atoms with E-state index in [9.17, 15) is 36.6 Å². The van der Waals surface area contributed by atoms with Crippen molar-refractivity contribution < 1.29 is 36.6 Å². The number of fused-ring (bicyclic) bond motifs is 2. The maximum atomic E-state index is 12.8. The second-order valence-corrected chi connectivity index (χ2v) is 8.96. The molecule has 0 saturated carbocycles. The van der Waals surface area contributed by atoms with Crippen LogP contribution in [-0.4, -0.2) is 10.2 Å². The van der Waals surface area contributed by atoms with Gasteiger partial charge in [0.25, 0.3) is 0 Å². The third kappa shape index (κ3) is 5.51. The van der Waals surface area contributed by atoms with Gasteiger partial charge in [0.2, 0.25) is 0 Å². The Hall–Kier alpha value is -4.74. The molecule has 1 aliphatic carbocycles. The molecule has 4 aromatic carbocycles. The molecule has 0 saturated heterocycles. The molecular formula is C28H18F6N4O2. The highest BCUT2D eigenvalue weighted by Gasteiger charge is 2.31. The van der Waals surface area contributed by atoms with Crippen LogP contribution in [0, 0.1) is 0 Å². The van der Waals surface area contributed by atoms with Crippen LogP contribution in [0.15, 0.2) is 93.3 Å². The Morgan fingerprint density at radius 3 is 1.15 bits per heavy atom. The number of aromatic hydroxyl groups is 2. The Balaban J connectivity index is 1.46. The standard InChI is InChI=1S/C28H18F6N4O2/c29-27(30,31)15-1-5-17(6-2-15)35-37-23-9-11-25(39)21-14-22-20(13-19(21)23)24(10-12-26(22)40)38-36-18-7-3-16(4-8-18)28(32,33)34/h1-12,39-40H,13-14H2. The largest absolute Gasteiger partial charge is 0.508 e. The summed E-state index contributed by atoms with van der Waals surface area (Å²) < 4.78 is 77.0. The Labute approximate surface area is 223 Å². The lowest BCUT2D eigenvalue weighted by Crippen LogP contribution is -2.08. The summed E-state index contributed by atoms with van der Waals surface area (Å²) in [5, 5.41) is 37.5. The molecular weight excluding hydrogens is 538 g/mol. The molecule has 0 heterocycles. The van der Waals surface area contributed by atoms with Gasteiger partial charge in [-0.05, 0) is 83.9 Å². The number of rotatable bonds is 4. The summed E-state index contributed by atoms with van der Waals surface area (Å²) in [6.07, 6.45) is -8.69. The van der Waals surface area contributed by atoms with Crippen molar-refractivity contribution in [3.05, 3.63) is 106 Å². The van der Waals surface area contributed by atoms with E-state index in [2.05, 4.69) is 20.5 Å². The molecule has 6 nitrogen and oxygen atoms in total. The number of alkyl halides is 6. The van der Waals surface area contributed by atoms with E-state index in [-0.39, 0.29) is 35.7 Å². The van der Waals surface area contributed by atoms with E-state index >= 15 is 0 Å². The zero-order valence-corrected chi connectivity index (χ0v) is 20.3. The van der Waals surface area contributed by atoms with E-state index in [1.54, 1.807) is 0 Å². The Kier molecular flexibility index (Phi) is 6.78. The fourth-order valence-electron chi connectivity index (χ4n) is 4.32. The SMILES string of the molecule is Oc1ccc(N=Nc2ccc(C(F)(F)F)cc2)c2c1Cc1c(O)ccc(N=Nc3ccc(C(F)(F)F)cc3)c1C2. The van der Waals surface area contributed by atoms with Gasteiger partial charge in [0.05, 0.1) is 33.9 Å². The molecule has 0 atom stereocenters. The molecule has 40 heavy (non-hydrogen) atoms. The van der Waals surface area contributed by atoms with Crippen LogP contribution in [0.2, 0.25) is 0 Å². The molecule has 0 aromatic heterocycles. The lowest BCUT2D eigenvalue weighted by molar-refractivity contribution is -0.138. The summed E-state index contributed by atoms with van der Waals surface area (Å²) in [6, 6.07) is 14.2. The van der Waals surface area contributed by atoms with Gasteiger partial charge in [-0.1, -0.05) is 0 Å². The maximum Gasteiger partial charge on any atom is 0.416 e. The molecule has 2 N–H and O–H groups in total. The third-order valence-electron chi connectivity index (χ3n) is 6.41. The van der Waals surface area contributed by atoms with Gasteiger partial charge in [-0.15, -0.1) is 0 Å². The van der Waals surface area contributed by atoms with E-state index in [0.29, 0.717) is 33.6 Å². The molecule has 204 valence electrons. The smallest absolute Gasteiger partial charge is 0.416 e. The summed E-state index contributed by atoms with van der Waals surface area (Å²) >= 11 is 0. The summed E-state index contributed by atoms with van der Waals surface area (Å²) in [7, 11) is 0. The van der Waals surface area contributed by atoms with E-state index in [1.165, 1.54) is 48.5 Å². The van der Waals surface area contributed by atoms with Crippen molar-refractivity contribution in [2.75, 3.05) is 0 Å². The van der Waals surface area contributed by atoms with Crippen molar-refractivity contribution in [1.82, 2.24) is 0 Å². The normalized spacial score (nSPS) is 13.6. The molecule has 0 unspecified atom stereocenters. The number of halogens is 6. The first-order valence-corrected chi connectivity index (χ1v) is 11.8. The molecule has 0 spiro atoms. The lowest BCUT2D eigenvalue weighted by atomic mass is 9.83. The van der Waals surface area contributed by atoms with Crippen LogP contribution in [0.1, 0.15) is 33.4 Å². The Bertz CT molecular complexity index is 1510. The number of benzene rings is 4. The summed E-state index contributed by atoms with van der Waals surface area (Å²) in [5.41, 5.74) is 1.57. The van der Waals surface area contributed by atoms with E-state index in [4.69, 9.17) is 0 Å². The Morgan fingerprint density at radius 1 is 0.450 bits per heavy atom. The predicted molar refractivity (Wildman–Crippen MR) is 133 cm³/mol. The average molecular weight is 556 g/mol. The van der Waals surface area contributed by atoms with Gasteiger partial charge in [-0.25, -0.2) is 0 Å². The van der Waals surface area contributed by atoms with Crippen molar-refractivity contribution >= 4 is 22.7 Å². The number of hydrogen-bond donors (Lipinski definition) is 2. The highest BCUT2D eigenvalue weighted by Crippen LogP contribution is 2.44. The molecule has 0 amide bonds. The number of phenols is 2. The topological polar surface area (TPSA) is 89.9 Å². The van der Waals surface area contributed by atoms with Gasteiger partial charge < -0.3 is 10.2 Å². The zero-order chi connectivity index (χ0) is 28.7. The van der Waals surface area contributed by atoms with Crippen LogP contribution in [0.5, 0.6) is 11.5 Å². The van der Waals surface area contributed by atoms with Crippen LogP contribution < -0.4 is 0 Å². The molecule has 0 radical (unpaired) electrons. The molecule has 12 heteroatoms. The first-order chi connectivity index (χ1) is 18.9. The van der Waals surface area contributed by atoms with E-state index in [0.717, 1.165) is 24.3 Å². The van der Waals surface area contributed by atoms with Gasteiger partial charge in [0.15, 0.2) is 0 Å². The highest BCUT2D eigenvalue weighted by molar-refractivity contribution is 5.67. The van der Waals surface area contributed by atoms with Crippen molar-refractivity contribution in [1.29, 1.82) is 0 Å². The monoisotopic (exact) mass is 556 g/mol. The minimum Gasteiger partial charge on any atom is -0.508 e. The predicted octanol–water partition coefficient (Wildman–Crippen LogP) is 9.46. The van der Waals surface area contributed by atoms with Gasteiger partial charge in [0, 0.05) is 24.0 Å². The molecule has 4 aromatic rings. The van der Waals surface area contributed by atoms with Crippen LogP contribution in [-0.2, 0) is 25.2 Å². The summed E-state index contributed by atoms with van der Waals surface area (Å²) in [6.45, 7) is 0. The maximum absolute atomic E-state index is 12.8. The Morgan fingerprint density at radius 2 is 0.800 bits per heavy atom. The summed E-state index contributed by atoms with van der Waals surface area (Å²) in [4.78, 5) is 0. The number of phenolic OH excluding ortho intramolecular Hbond substituents is 2. The van der Waals surface area contributed by atoms with Crippen LogP contribution >= 0.6 is 0 Å². The number of hydrogen-bond acceptors (Lipinski definition) is 6. The molecule has 0 aliphatic heterocycles. The number of azo groups is 2. The highest BCUT2D eigenvalue weighted by atomic mass is 19.4. The van der Waals surface area contributed by atoms with E-state index in [1.807, 2.05) is 0 Å². The fraction of sp³-hybridized carbons (Fsp3) is 0.143. The second kappa shape index (κ2) is 10.1. The fourth-order valence-corrected chi connectivity index (χ4v) is 4.32. The van der Waals surface area contributed by atoms with Gasteiger partial charge in [-0.3, -0.25) is 0 Å². The first kappa shape index (κ1) is 26.9. The number of nitrogens with zero attached hydrogens (tertiary/aromatic N) is 4. The zero-order valence-electron chi connectivity index (χ0n) is 20.3. The average Bonchev–Trinajstić information content (AvgIpc) is 2.91.